The number of aliphatic hydroxyl groups is 1. The Balaban J connectivity index is 2.10. The number of rotatable bonds is 1. The normalized spacial score (nSPS) is 46.9. The Bertz CT molecular complexity index is 293. The lowest BCUT2D eigenvalue weighted by Gasteiger charge is -2.35. The molecule has 2 aliphatic carbocycles. The Morgan fingerprint density at radius 2 is 1.93 bits per heavy atom. The van der Waals surface area contributed by atoms with Gasteiger partial charge in [0.15, 0.2) is 0 Å². The molecular formula is C12H20O3. The summed E-state index contributed by atoms with van der Waals surface area (Å²) in [6, 6.07) is 0. The van der Waals surface area contributed by atoms with Crippen molar-refractivity contribution in [1.82, 2.24) is 0 Å². The van der Waals surface area contributed by atoms with Gasteiger partial charge in [-0.3, -0.25) is 4.79 Å². The van der Waals surface area contributed by atoms with Gasteiger partial charge in [-0.25, -0.2) is 0 Å². The molecule has 0 heterocycles. The number of fused-ring (bicyclic) bond motifs is 1. The predicted molar refractivity (Wildman–Crippen MR) is 56.2 cm³/mol. The van der Waals surface area contributed by atoms with Crippen LogP contribution in [-0.4, -0.2) is 22.8 Å². The Kier molecular flexibility index (Phi) is 2.16. The molecule has 3 nitrogen and oxygen atoms in total. The van der Waals surface area contributed by atoms with Crippen molar-refractivity contribution < 1.29 is 14.6 Å². The second-order valence-electron chi connectivity index (χ2n) is 5.93. The lowest BCUT2D eigenvalue weighted by molar-refractivity contribution is -0.166. The summed E-state index contributed by atoms with van der Waals surface area (Å²) in [6.07, 6.45) is 1.24. The van der Waals surface area contributed by atoms with Crippen LogP contribution in [0, 0.1) is 17.3 Å². The fourth-order valence-electron chi connectivity index (χ4n) is 3.17. The number of carbonyl (C=O) groups excluding carboxylic acids is 1. The minimum absolute atomic E-state index is 0.294. The molecule has 0 saturated heterocycles. The van der Waals surface area contributed by atoms with Crippen LogP contribution in [0.4, 0.5) is 0 Å². The predicted octanol–water partition coefficient (Wildman–Crippen LogP) is 1.74. The van der Waals surface area contributed by atoms with Crippen LogP contribution in [0.1, 0.15) is 40.5 Å². The first-order valence-electron chi connectivity index (χ1n) is 5.65. The summed E-state index contributed by atoms with van der Waals surface area (Å²) in [4.78, 5) is 10.9. The van der Waals surface area contributed by atoms with E-state index in [1.54, 1.807) is 6.92 Å². The maximum absolute atomic E-state index is 10.9. The van der Waals surface area contributed by atoms with Gasteiger partial charge < -0.3 is 9.84 Å². The molecule has 0 amide bonds. The zero-order valence-electron chi connectivity index (χ0n) is 9.91. The van der Waals surface area contributed by atoms with Crippen LogP contribution >= 0.6 is 0 Å². The molecule has 2 unspecified atom stereocenters. The SMILES string of the molecule is CC(=O)O[C@@H]1CC2C(C[C@@]1(C)O)C2(C)C. The third kappa shape index (κ3) is 1.67. The molecule has 0 aliphatic heterocycles. The van der Waals surface area contributed by atoms with Crippen molar-refractivity contribution in [1.29, 1.82) is 0 Å². The quantitative estimate of drug-likeness (QED) is 0.673. The van der Waals surface area contributed by atoms with Crippen LogP contribution < -0.4 is 0 Å². The molecule has 0 spiro atoms. The smallest absolute Gasteiger partial charge is 0.303 e. The lowest BCUT2D eigenvalue weighted by atomic mass is 9.84. The van der Waals surface area contributed by atoms with E-state index in [4.69, 9.17) is 4.74 Å². The summed E-state index contributed by atoms with van der Waals surface area (Å²) in [6.45, 7) is 7.65. The van der Waals surface area contributed by atoms with Crippen molar-refractivity contribution in [2.24, 2.45) is 17.3 Å². The van der Waals surface area contributed by atoms with Gasteiger partial charge >= 0.3 is 5.97 Å². The van der Waals surface area contributed by atoms with Crippen molar-refractivity contribution in [2.45, 2.75) is 52.2 Å². The molecule has 4 atom stereocenters. The third-order valence-electron chi connectivity index (χ3n) is 4.39. The molecular weight excluding hydrogens is 192 g/mol. The lowest BCUT2D eigenvalue weighted by Crippen LogP contribution is -2.45. The van der Waals surface area contributed by atoms with E-state index in [-0.39, 0.29) is 12.1 Å². The van der Waals surface area contributed by atoms with Gasteiger partial charge in [0.05, 0.1) is 5.60 Å². The molecule has 1 N–H and O–H groups in total. The highest BCUT2D eigenvalue weighted by Gasteiger charge is 2.64. The fraction of sp³-hybridized carbons (Fsp3) is 0.917. The van der Waals surface area contributed by atoms with Crippen LogP contribution in [-0.2, 0) is 9.53 Å². The summed E-state index contributed by atoms with van der Waals surface area (Å²) in [5.41, 5.74) is -0.528. The molecule has 15 heavy (non-hydrogen) atoms. The van der Waals surface area contributed by atoms with Crippen LogP contribution in [0.15, 0.2) is 0 Å². The summed E-state index contributed by atoms with van der Waals surface area (Å²) in [5.74, 6) is 0.915. The average molecular weight is 212 g/mol. The van der Waals surface area contributed by atoms with Crippen molar-refractivity contribution in [3.8, 4) is 0 Å². The van der Waals surface area contributed by atoms with Crippen molar-refractivity contribution in [3.63, 3.8) is 0 Å². The van der Waals surface area contributed by atoms with Gasteiger partial charge in [0.25, 0.3) is 0 Å². The van der Waals surface area contributed by atoms with Gasteiger partial charge in [-0.15, -0.1) is 0 Å². The summed E-state index contributed by atoms with van der Waals surface area (Å²) in [5, 5.41) is 10.2. The minimum Gasteiger partial charge on any atom is -0.459 e. The molecule has 3 heteroatoms. The van der Waals surface area contributed by atoms with Crippen LogP contribution in [0.3, 0.4) is 0 Å². The highest BCUT2D eigenvalue weighted by molar-refractivity contribution is 5.66. The molecule has 0 bridgehead atoms. The molecule has 0 aromatic carbocycles. The fourth-order valence-corrected chi connectivity index (χ4v) is 3.17. The number of ether oxygens (including phenoxy) is 1. The minimum atomic E-state index is -0.847. The summed E-state index contributed by atoms with van der Waals surface area (Å²) >= 11 is 0. The summed E-state index contributed by atoms with van der Waals surface area (Å²) < 4.78 is 5.21. The Hall–Kier alpha value is -0.570. The average Bonchev–Trinajstić information content (AvgIpc) is 2.52. The Labute approximate surface area is 90.8 Å². The maximum atomic E-state index is 10.9. The Morgan fingerprint density at radius 1 is 1.33 bits per heavy atom. The van der Waals surface area contributed by atoms with E-state index in [9.17, 15) is 9.90 Å². The monoisotopic (exact) mass is 212 g/mol. The van der Waals surface area contributed by atoms with Gasteiger partial charge in [-0.05, 0) is 37.0 Å². The van der Waals surface area contributed by atoms with Gasteiger partial charge in [0.2, 0.25) is 0 Å². The molecule has 86 valence electrons. The van der Waals surface area contributed by atoms with E-state index in [0.717, 1.165) is 12.8 Å². The van der Waals surface area contributed by atoms with E-state index in [1.807, 2.05) is 0 Å². The van der Waals surface area contributed by atoms with Gasteiger partial charge in [-0.1, -0.05) is 13.8 Å². The van der Waals surface area contributed by atoms with Gasteiger partial charge in [-0.2, -0.15) is 0 Å². The third-order valence-corrected chi connectivity index (χ3v) is 4.39. The molecule has 2 saturated carbocycles. The molecule has 2 rings (SSSR count). The van der Waals surface area contributed by atoms with Crippen molar-refractivity contribution in [2.75, 3.05) is 0 Å². The van der Waals surface area contributed by atoms with E-state index < -0.39 is 5.60 Å². The zero-order valence-corrected chi connectivity index (χ0v) is 9.91. The van der Waals surface area contributed by atoms with Crippen molar-refractivity contribution in [3.05, 3.63) is 0 Å². The van der Waals surface area contributed by atoms with Crippen LogP contribution in [0.5, 0.6) is 0 Å². The topological polar surface area (TPSA) is 46.5 Å². The van der Waals surface area contributed by atoms with E-state index in [2.05, 4.69) is 13.8 Å². The zero-order chi connectivity index (χ0) is 11.4. The van der Waals surface area contributed by atoms with Gasteiger partial charge in [0.1, 0.15) is 6.10 Å². The van der Waals surface area contributed by atoms with E-state index in [0.29, 0.717) is 17.3 Å². The Morgan fingerprint density at radius 3 is 2.47 bits per heavy atom. The van der Waals surface area contributed by atoms with Crippen LogP contribution in [0.2, 0.25) is 0 Å². The molecule has 2 aliphatic rings. The first-order valence-corrected chi connectivity index (χ1v) is 5.65. The number of carbonyl (C=O) groups is 1. The van der Waals surface area contributed by atoms with E-state index >= 15 is 0 Å². The number of hydrogen-bond donors (Lipinski definition) is 1. The van der Waals surface area contributed by atoms with Crippen molar-refractivity contribution >= 4 is 5.97 Å². The highest BCUT2D eigenvalue weighted by atomic mass is 16.6. The molecule has 0 aromatic heterocycles. The van der Waals surface area contributed by atoms with Crippen LogP contribution in [0.25, 0.3) is 0 Å². The van der Waals surface area contributed by atoms with E-state index in [1.165, 1.54) is 6.92 Å². The second-order valence-corrected chi connectivity index (χ2v) is 5.93. The maximum Gasteiger partial charge on any atom is 0.303 e. The largest absolute Gasteiger partial charge is 0.459 e. The number of hydrogen-bond acceptors (Lipinski definition) is 3. The molecule has 2 fully saturated rings. The van der Waals surface area contributed by atoms with Gasteiger partial charge in [0, 0.05) is 6.92 Å². The number of esters is 1. The summed E-state index contributed by atoms with van der Waals surface area (Å²) in [7, 11) is 0. The molecule has 0 aromatic rings. The second kappa shape index (κ2) is 2.97. The first-order chi connectivity index (χ1) is 6.75. The highest BCUT2D eigenvalue weighted by Crippen LogP contribution is 2.66. The first kappa shape index (κ1) is 10.9. The standard InChI is InChI=1S/C12H20O3/c1-7(13)15-10-5-8-9(11(8,2)3)6-12(10,4)14/h8-10,14H,5-6H2,1-4H3/t8?,9?,10-,12-/m1/s1. The molecule has 0 radical (unpaired) electrons.